The average molecular weight is 580 g/mol. The Hall–Kier alpha value is -0.610. The molecule has 1 fully saturated rings. The SMILES string of the molecule is CCCCCCCCOC(CCCCCCCCCCCCCCCCCCC1CC(C)(C)NC(C)(C)C1)C(=O)O. The Kier molecular flexibility index (Phi) is 22.3. The highest BCUT2D eigenvalue weighted by atomic mass is 16.5. The van der Waals surface area contributed by atoms with Crippen molar-refractivity contribution in [3.05, 3.63) is 0 Å². The Morgan fingerprint density at radius 1 is 0.659 bits per heavy atom. The van der Waals surface area contributed by atoms with E-state index in [0.717, 1.165) is 31.6 Å². The Labute approximate surface area is 256 Å². The quantitative estimate of drug-likeness (QED) is 0.0905. The number of piperidine rings is 1. The Balaban J connectivity index is 1.82. The molecule has 0 amide bonds. The first-order valence-electron chi connectivity index (χ1n) is 18.3. The van der Waals surface area contributed by atoms with Gasteiger partial charge in [0.15, 0.2) is 6.10 Å². The smallest absolute Gasteiger partial charge is 0.332 e. The highest BCUT2D eigenvalue weighted by Crippen LogP contribution is 2.35. The number of ether oxygens (including phenoxy) is 1. The van der Waals surface area contributed by atoms with Crippen LogP contribution in [0.25, 0.3) is 0 Å². The lowest BCUT2D eigenvalue weighted by Crippen LogP contribution is -2.57. The molecule has 0 saturated carbocycles. The van der Waals surface area contributed by atoms with Crippen molar-refractivity contribution in [2.75, 3.05) is 6.61 Å². The molecule has 0 aromatic carbocycles. The van der Waals surface area contributed by atoms with Gasteiger partial charge in [-0.15, -0.1) is 0 Å². The molecule has 1 aliphatic heterocycles. The maximum absolute atomic E-state index is 11.5. The van der Waals surface area contributed by atoms with Crippen LogP contribution in [0.4, 0.5) is 0 Å². The number of aliphatic carboxylic acids is 1. The van der Waals surface area contributed by atoms with Crippen molar-refractivity contribution in [3.63, 3.8) is 0 Å². The predicted molar refractivity (Wildman–Crippen MR) is 178 cm³/mol. The van der Waals surface area contributed by atoms with E-state index in [1.165, 1.54) is 135 Å². The molecule has 1 unspecified atom stereocenters. The fraction of sp³-hybridized carbons (Fsp3) is 0.973. The van der Waals surface area contributed by atoms with E-state index in [9.17, 15) is 9.90 Å². The van der Waals surface area contributed by atoms with Crippen LogP contribution in [0.15, 0.2) is 0 Å². The lowest BCUT2D eigenvalue weighted by Gasteiger charge is -2.46. The zero-order valence-electron chi connectivity index (χ0n) is 28.5. The minimum Gasteiger partial charge on any atom is -0.479 e. The number of carboxylic acids is 1. The third-order valence-electron chi connectivity index (χ3n) is 9.20. The second-order valence-corrected chi connectivity index (χ2v) is 14.9. The third kappa shape index (κ3) is 22.6. The zero-order valence-corrected chi connectivity index (χ0v) is 28.5. The molecule has 2 N–H and O–H groups in total. The van der Waals surface area contributed by atoms with Gasteiger partial charge in [0.1, 0.15) is 0 Å². The van der Waals surface area contributed by atoms with E-state index in [-0.39, 0.29) is 0 Å². The maximum atomic E-state index is 11.5. The fourth-order valence-corrected chi connectivity index (χ4v) is 7.36. The van der Waals surface area contributed by atoms with E-state index >= 15 is 0 Å². The highest BCUT2D eigenvalue weighted by molar-refractivity contribution is 5.72. The van der Waals surface area contributed by atoms with Crippen LogP contribution in [0.2, 0.25) is 0 Å². The number of unbranched alkanes of at least 4 members (excludes halogenated alkanes) is 20. The van der Waals surface area contributed by atoms with Gasteiger partial charge in [-0.3, -0.25) is 0 Å². The van der Waals surface area contributed by atoms with Gasteiger partial charge in [-0.1, -0.05) is 148 Å². The molecular weight excluding hydrogens is 506 g/mol. The molecule has 41 heavy (non-hydrogen) atoms. The van der Waals surface area contributed by atoms with Crippen LogP contribution in [-0.4, -0.2) is 34.9 Å². The van der Waals surface area contributed by atoms with Crippen molar-refractivity contribution in [2.45, 2.75) is 219 Å². The molecular formula is C37H73NO3. The summed E-state index contributed by atoms with van der Waals surface area (Å²) in [6.07, 6.45) is 32.9. The average Bonchev–Trinajstić information content (AvgIpc) is 2.88. The summed E-state index contributed by atoms with van der Waals surface area (Å²) in [5.41, 5.74) is 0.591. The summed E-state index contributed by atoms with van der Waals surface area (Å²) in [7, 11) is 0. The predicted octanol–water partition coefficient (Wildman–Crippen LogP) is 11.4. The Morgan fingerprint density at radius 3 is 1.49 bits per heavy atom. The van der Waals surface area contributed by atoms with Gasteiger partial charge in [-0.05, 0) is 59.3 Å². The van der Waals surface area contributed by atoms with Gasteiger partial charge < -0.3 is 15.2 Å². The third-order valence-corrected chi connectivity index (χ3v) is 9.20. The summed E-state index contributed by atoms with van der Waals surface area (Å²) >= 11 is 0. The van der Waals surface area contributed by atoms with Gasteiger partial charge in [0.25, 0.3) is 0 Å². The van der Waals surface area contributed by atoms with Crippen LogP contribution >= 0.6 is 0 Å². The normalized spacial score (nSPS) is 17.6. The molecule has 0 bridgehead atoms. The Morgan fingerprint density at radius 2 is 1.05 bits per heavy atom. The van der Waals surface area contributed by atoms with Crippen LogP contribution < -0.4 is 5.32 Å². The summed E-state index contributed by atoms with van der Waals surface area (Å²) in [5, 5.41) is 13.2. The summed E-state index contributed by atoms with van der Waals surface area (Å²) in [5.74, 6) is 0.116. The number of rotatable bonds is 28. The monoisotopic (exact) mass is 580 g/mol. The highest BCUT2D eigenvalue weighted by Gasteiger charge is 2.37. The first kappa shape index (κ1) is 38.4. The number of hydrogen-bond acceptors (Lipinski definition) is 3. The van der Waals surface area contributed by atoms with E-state index in [1.807, 2.05) is 0 Å². The van der Waals surface area contributed by atoms with E-state index in [2.05, 4.69) is 39.9 Å². The molecule has 0 radical (unpaired) electrons. The van der Waals surface area contributed by atoms with Crippen molar-refractivity contribution >= 4 is 5.97 Å². The van der Waals surface area contributed by atoms with Crippen LogP contribution in [-0.2, 0) is 9.53 Å². The van der Waals surface area contributed by atoms with Crippen LogP contribution in [0.5, 0.6) is 0 Å². The van der Waals surface area contributed by atoms with Crippen LogP contribution in [0.1, 0.15) is 202 Å². The fourth-order valence-electron chi connectivity index (χ4n) is 7.36. The lowest BCUT2D eigenvalue weighted by molar-refractivity contribution is -0.151. The zero-order chi connectivity index (χ0) is 30.2. The van der Waals surface area contributed by atoms with E-state index in [4.69, 9.17) is 4.74 Å². The summed E-state index contributed by atoms with van der Waals surface area (Å²) in [6.45, 7) is 12.3. The van der Waals surface area contributed by atoms with Crippen LogP contribution in [0, 0.1) is 5.92 Å². The molecule has 0 aromatic heterocycles. The number of hydrogen-bond donors (Lipinski definition) is 2. The number of carbonyl (C=O) groups is 1. The Bertz CT molecular complexity index is 601. The molecule has 0 aliphatic carbocycles. The number of carboxylic acid groups (broad SMARTS) is 1. The van der Waals surface area contributed by atoms with Crippen molar-refractivity contribution < 1.29 is 14.6 Å². The molecule has 0 aromatic rings. The molecule has 0 spiro atoms. The standard InChI is InChI=1S/C37H73NO3/c1-6-7-8-9-24-27-30-41-34(35(39)40)29-26-23-21-19-17-15-13-11-10-12-14-16-18-20-22-25-28-33-31-36(2,3)38-37(4,5)32-33/h33-34,38H,6-32H2,1-5H3,(H,39,40). The van der Waals surface area contributed by atoms with Gasteiger partial charge >= 0.3 is 5.97 Å². The van der Waals surface area contributed by atoms with Crippen molar-refractivity contribution in [3.8, 4) is 0 Å². The van der Waals surface area contributed by atoms with E-state index < -0.39 is 12.1 Å². The maximum Gasteiger partial charge on any atom is 0.332 e. The second-order valence-electron chi connectivity index (χ2n) is 14.9. The van der Waals surface area contributed by atoms with Gasteiger partial charge in [-0.2, -0.15) is 0 Å². The second kappa shape index (κ2) is 23.8. The van der Waals surface area contributed by atoms with E-state index in [0.29, 0.717) is 24.1 Å². The van der Waals surface area contributed by atoms with Crippen molar-refractivity contribution in [1.82, 2.24) is 5.32 Å². The minimum absolute atomic E-state index is 0.295. The minimum atomic E-state index is -0.785. The largest absolute Gasteiger partial charge is 0.479 e. The molecule has 1 aliphatic rings. The molecule has 4 nitrogen and oxygen atoms in total. The van der Waals surface area contributed by atoms with Crippen molar-refractivity contribution in [2.24, 2.45) is 5.92 Å². The molecule has 4 heteroatoms. The van der Waals surface area contributed by atoms with E-state index in [1.54, 1.807) is 0 Å². The van der Waals surface area contributed by atoms with Crippen molar-refractivity contribution in [1.29, 1.82) is 0 Å². The molecule has 1 saturated heterocycles. The lowest BCUT2D eigenvalue weighted by atomic mass is 9.74. The molecule has 1 rings (SSSR count). The summed E-state index contributed by atoms with van der Waals surface area (Å²) in [4.78, 5) is 11.5. The topological polar surface area (TPSA) is 58.6 Å². The van der Waals surface area contributed by atoms with Gasteiger partial charge in [0.2, 0.25) is 0 Å². The number of nitrogens with one attached hydrogen (secondary N) is 1. The van der Waals surface area contributed by atoms with Crippen LogP contribution in [0.3, 0.4) is 0 Å². The van der Waals surface area contributed by atoms with Gasteiger partial charge in [0, 0.05) is 17.7 Å². The van der Waals surface area contributed by atoms with Gasteiger partial charge in [0.05, 0.1) is 0 Å². The molecule has 1 heterocycles. The molecule has 1 atom stereocenters. The molecule has 244 valence electrons. The van der Waals surface area contributed by atoms with Gasteiger partial charge in [-0.25, -0.2) is 4.79 Å². The first-order valence-corrected chi connectivity index (χ1v) is 18.3. The summed E-state index contributed by atoms with van der Waals surface area (Å²) in [6, 6.07) is 0. The first-order chi connectivity index (χ1) is 19.7. The summed E-state index contributed by atoms with van der Waals surface area (Å²) < 4.78 is 5.67.